The summed E-state index contributed by atoms with van der Waals surface area (Å²) >= 11 is 0. The van der Waals surface area contributed by atoms with Crippen LogP contribution in [-0.4, -0.2) is 85.3 Å². The van der Waals surface area contributed by atoms with Crippen molar-refractivity contribution >= 4 is 23.6 Å². The maximum absolute atomic E-state index is 14.0. The van der Waals surface area contributed by atoms with Gasteiger partial charge in [-0.15, -0.1) is 0 Å². The first-order valence-corrected chi connectivity index (χ1v) is 15.0. The van der Waals surface area contributed by atoms with Gasteiger partial charge in [-0.2, -0.15) is 0 Å². The molecule has 0 aromatic heterocycles. The normalized spacial score (nSPS) is 21.4. The Labute approximate surface area is 239 Å². The predicted molar refractivity (Wildman–Crippen MR) is 154 cm³/mol. The number of likely N-dealkylation sites (tertiary alicyclic amines) is 1. The van der Waals surface area contributed by atoms with Crippen LogP contribution in [0.4, 0.5) is 10.5 Å². The van der Waals surface area contributed by atoms with Gasteiger partial charge in [0.2, 0.25) is 5.60 Å². The molecule has 1 atom stereocenters. The third-order valence-corrected chi connectivity index (χ3v) is 8.43. The SMILES string of the molecule is COCCCCN1C(=O)C(C)(COC(=O)N2CCCC2)Oc2cc(C)c(C(=O)N(C(C)C)C3CCCCC3)cc21. The van der Waals surface area contributed by atoms with Crippen molar-refractivity contribution in [2.45, 2.75) is 103 Å². The number of nitrogens with zero attached hydrogens (tertiary/aromatic N) is 3. The van der Waals surface area contributed by atoms with Gasteiger partial charge in [-0.25, -0.2) is 4.79 Å². The minimum absolute atomic E-state index is 0.00172. The number of fused-ring (bicyclic) bond motifs is 1. The maximum atomic E-state index is 14.0. The van der Waals surface area contributed by atoms with E-state index in [2.05, 4.69) is 13.8 Å². The van der Waals surface area contributed by atoms with E-state index < -0.39 is 11.7 Å². The van der Waals surface area contributed by atoms with E-state index in [4.69, 9.17) is 14.2 Å². The Morgan fingerprint density at radius 2 is 1.80 bits per heavy atom. The second kappa shape index (κ2) is 13.2. The van der Waals surface area contributed by atoms with Crippen molar-refractivity contribution in [1.29, 1.82) is 0 Å². The van der Waals surface area contributed by atoms with E-state index >= 15 is 0 Å². The number of rotatable bonds is 10. The zero-order valence-electron chi connectivity index (χ0n) is 25.0. The van der Waals surface area contributed by atoms with E-state index in [-0.39, 0.29) is 30.5 Å². The standard InChI is InChI=1S/C31H47N3O6/c1-22(2)34(24-13-7-6-8-14-24)28(35)25-20-26-27(19-23(25)3)40-31(4,21-39-30(37)32-15-9-10-16-32)29(36)33(26)17-11-12-18-38-5/h19-20,22,24H,6-18,21H2,1-5H3. The number of ether oxygens (including phenoxy) is 3. The fourth-order valence-corrected chi connectivity index (χ4v) is 6.21. The van der Waals surface area contributed by atoms with Crippen molar-refractivity contribution in [3.05, 3.63) is 23.3 Å². The predicted octanol–water partition coefficient (Wildman–Crippen LogP) is 5.32. The maximum Gasteiger partial charge on any atom is 0.409 e. The van der Waals surface area contributed by atoms with E-state index in [1.165, 1.54) is 6.42 Å². The van der Waals surface area contributed by atoms with Gasteiger partial charge in [-0.3, -0.25) is 9.59 Å². The number of carbonyl (C=O) groups is 3. The number of unbranched alkanes of at least 4 members (excludes halogenated alkanes) is 1. The summed E-state index contributed by atoms with van der Waals surface area (Å²) in [5, 5.41) is 0. The number of methoxy groups -OCH3 is 1. The number of aryl methyl sites for hydroxylation is 1. The molecule has 2 aliphatic heterocycles. The zero-order chi connectivity index (χ0) is 28.9. The molecule has 9 nitrogen and oxygen atoms in total. The summed E-state index contributed by atoms with van der Waals surface area (Å²) in [6.45, 7) is 9.94. The smallest absolute Gasteiger partial charge is 0.409 e. The molecule has 1 unspecified atom stereocenters. The molecule has 0 bridgehead atoms. The fourth-order valence-electron chi connectivity index (χ4n) is 6.21. The Morgan fingerprint density at radius 3 is 2.45 bits per heavy atom. The van der Waals surface area contributed by atoms with E-state index in [0.717, 1.165) is 56.9 Å². The first-order chi connectivity index (χ1) is 19.2. The summed E-state index contributed by atoms with van der Waals surface area (Å²) in [5.41, 5.74) is 0.621. The van der Waals surface area contributed by atoms with Gasteiger partial charge in [-0.05, 0) is 83.9 Å². The highest BCUT2D eigenvalue weighted by Crippen LogP contribution is 2.41. The van der Waals surface area contributed by atoms with Crippen molar-refractivity contribution in [2.24, 2.45) is 0 Å². The van der Waals surface area contributed by atoms with Crippen LogP contribution in [0, 0.1) is 6.92 Å². The monoisotopic (exact) mass is 557 g/mol. The van der Waals surface area contributed by atoms with E-state index in [1.54, 1.807) is 23.8 Å². The van der Waals surface area contributed by atoms with Gasteiger partial charge in [0.15, 0.2) is 0 Å². The first-order valence-electron chi connectivity index (χ1n) is 15.0. The zero-order valence-corrected chi connectivity index (χ0v) is 25.0. The molecule has 1 saturated carbocycles. The quantitative estimate of drug-likeness (QED) is 0.362. The molecule has 1 aliphatic carbocycles. The van der Waals surface area contributed by atoms with Crippen LogP contribution in [0.1, 0.15) is 94.5 Å². The van der Waals surface area contributed by atoms with Gasteiger partial charge in [-0.1, -0.05) is 19.3 Å². The third kappa shape index (κ3) is 6.56. The average molecular weight is 558 g/mol. The number of anilines is 1. The van der Waals surface area contributed by atoms with E-state index in [0.29, 0.717) is 43.2 Å². The molecule has 3 aliphatic rings. The molecule has 222 valence electrons. The van der Waals surface area contributed by atoms with E-state index in [9.17, 15) is 14.4 Å². The first kappa shape index (κ1) is 30.2. The molecule has 1 saturated heterocycles. The second-order valence-corrected chi connectivity index (χ2v) is 12.0. The Bertz CT molecular complexity index is 1060. The highest BCUT2D eigenvalue weighted by atomic mass is 16.6. The third-order valence-electron chi connectivity index (χ3n) is 8.43. The van der Waals surface area contributed by atoms with Gasteiger partial charge in [0.25, 0.3) is 11.8 Å². The molecule has 0 N–H and O–H groups in total. The lowest BCUT2D eigenvalue weighted by Gasteiger charge is -2.41. The molecule has 1 aromatic rings. The minimum Gasteiger partial charge on any atom is -0.472 e. The van der Waals surface area contributed by atoms with Crippen molar-refractivity contribution < 1.29 is 28.6 Å². The summed E-state index contributed by atoms with van der Waals surface area (Å²) in [6.07, 6.45) is 8.56. The molecule has 3 amide bonds. The summed E-state index contributed by atoms with van der Waals surface area (Å²) in [4.78, 5) is 45.9. The van der Waals surface area contributed by atoms with Gasteiger partial charge in [0.05, 0.1) is 5.69 Å². The Morgan fingerprint density at radius 1 is 1.10 bits per heavy atom. The second-order valence-electron chi connectivity index (χ2n) is 12.0. The highest BCUT2D eigenvalue weighted by Gasteiger charge is 2.46. The van der Waals surface area contributed by atoms with Gasteiger partial charge >= 0.3 is 6.09 Å². The Hall–Kier alpha value is -2.81. The lowest BCUT2D eigenvalue weighted by molar-refractivity contribution is -0.137. The van der Waals surface area contributed by atoms with Gasteiger partial charge in [0, 0.05) is 51.0 Å². The number of hydrogen-bond acceptors (Lipinski definition) is 6. The van der Waals surface area contributed by atoms with Crippen molar-refractivity contribution in [3.63, 3.8) is 0 Å². The molecule has 2 heterocycles. The molecule has 9 heteroatoms. The molecular formula is C31H47N3O6. The average Bonchev–Trinajstić information content (AvgIpc) is 3.47. The molecule has 0 radical (unpaired) electrons. The van der Waals surface area contributed by atoms with Crippen LogP contribution in [0.15, 0.2) is 12.1 Å². The summed E-state index contributed by atoms with van der Waals surface area (Å²) in [6, 6.07) is 3.99. The van der Waals surface area contributed by atoms with Crippen LogP contribution in [0.25, 0.3) is 0 Å². The van der Waals surface area contributed by atoms with Crippen LogP contribution in [0.5, 0.6) is 5.75 Å². The minimum atomic E-state index is -1.37. The Kier molecular flexibility index (Phi) is 9.98. The number of amides is 3. The van der Waals surface area contributed by atoms with Crippen LogP contribution < -0.4 is 9.64 Å². The fraction of sp³-hybridized carbons (Fsp3) is 0.710. The molecule has 1 aromatic carbocycles. The van der Waals surface area contributed by atoms with Gasteiger partial charge < -0.3 is 28.9 Å². The lowest BCUT2D eigenvalue weighted by Crippen LogP contribution is -2.57. The van der Waals surface area contributed by atoms with Crippen molar-refractivity contribution in [1.82, 2.24) is 9.80 Å². The molecule has 0 spiro atoms. The Balaban J connectivity index is 1.63. The molecule has 2 fully saturated rings. The van der Waals surface area contributed by atoms with Crippen LogP contribution in [0.3, 0.4) is 0 Å². The molecule has 40 heavy (non-hydrogen) atoms. The largest absolute Gasteiger partial charge is 0.472 e. The summed E-state index contributed by atoms with van der Waals surface area (Å²) < 4.78 is 17.1. The van der Waals surface area contributed by atoms with Crippen molar-refractivity contribution in [3.8, 4) is 5.75 Å². The summed E-state index contributed by atoms with van der Waals surface area (Å²) in [5.74, 6) is 0.248. The summed E-state index contributed by atoms with van der Waals surface area (Å²) in [7, 11) is 1.66. The van der Waals surface area contributed by atoms with Gasteiger partial charge in [0.1, 0.15) is 12.4 Å². The molecular weight excluding hydrogens is 510 g/mol. The molecule has 4 rings (SSSR count). The van der Waals surface area contributed by atoms with Crippen LogP contribution >= 0.6 is 0 Å². The lowest BCUT2D eigenvalue weighted by atomic mass is 9.92. The number of carbonyl (C=O) groups excluding carboxylic acids is 3. The topological polar surface area (TPSA) is 88.6 Å². The van der Waals surface area contributed by atoms with E-state index in [1.807, 2.05) is 24.0 Å². The number of benzene rings is 1. The van der Waals surface area contributed by atoms with Crippen molar-refractivity contribution in [2.75, 3.05) is 44.9 Å². The van der Waals surface area contributed by atoms with Crippen LogP contribution in [0.2, 0.25) is 0 Å². The highest BCUT2D eigenvalue weighted by molar-refractivity contribution is 6.05. The number of hydrogen-bond donors (Lipinski definition) is 0. The van der Waals surface area contributed by atoms with Crippen LogP contribution in [-0.2, 0) is 14.3 Å².